The zero-order valence-corrected chi connectivity index (χ0v) is 14.1. The fourth-order valence-corrected chi connectivity index (χ4v) is 1.66. The summed E-state index contributed by atoms with van der Waals surface area (Å²) in [6, 6.07) is 1.96. The standard InChI is InChI=1S/C15H29N3O2/c1-11(2)17-12(9-16)10-18(14(3,4)5)13(19)20-15(6,7)8/h11-12,17H,10H2,1-8H3. The van der Waals surface area contributed by atoms with Crippen LogP contribution in [0.2, 0.25) is 0 Å². The predicted octanol–water partition coefficient (Wildman–Crippen LogP) is 2.91. The van der Waals surface area contributed by atoms with Gasteiger partial charge in [-0.25, -0.2) is 4.79 Å². The number of hydrogen-bond donors (Lipinski definition) is 1. The molecule has 0 aromatic carbocycles. The fraction of sp³-hybridized carbons (Fsp3) is 0.867. The van der Waals surface area contributed by atoms with Crippen molar-refractivity contribution in [2.45, 2.75) is 78.6 Å². The van der Waals surface area contributed by atoms with Crippen molar-refractivity contribution in [2.75, 3.05) is 6.54 Å². The molecule has 0 radical (unpaired) electrons. The van der Waals surface area contributed by atoms with Gasteiger partial charge in [-0.2, -0.15) is 5.26 Å². The number of rotatable bonds is 4. The maximum Gasteiger partial charge on any atom is 0.410 e. The third-order valence-electron chi connectivity index (χ3n) is 2.48. The normalized spacial score (nSPS) is 13.8. The van der Waals surface area contributed by atoms with Gasteiger partial charge in [-0.1, -0.05) is 0 Å². The van der Waals surface area contributed by atoms with Crippen molar-refractivity contribution in [3.8, 4) is 6.07 Å². The van der Waals surface area contributed by atoms with Gasteiger partial charge in [0.15, 0.2) is 0 Å². The minimum atomic E-state index is -0.547. The molecule has 0 bridgehead atoms. The largest absolute Gasteiger partial charge is 0.444 e. The lowest BCUT2D eigenvalue weighted by molar-refractivity contribution is 0.00489. The van der Waals surface area contributed by atoms with Gasteiger partial charge < -0.3 is 9.64 Å². The third kappa shape index (κ3) is 7.34. The number of nitrogens with zero attached hydrogens (tertiary/aromatic N) is 2. The molecule has 20 heavy (non-hydrogen) atoms. The first-order valence-corrected chi connectivity index (χ1v) is 7.03. The summed E-state index contributed by atoms with van der Waals surface area (Å²) in [4.78, 5) is 13.9. The number of carbonyl (C=O) groups is 1. The second-order valence-corrected chi connectivity index (χ2v) is 7.26. The highest BCUT2D eigenvalue weighted by atomic mass is 16.6. The number of carbonyl (C=O) groups excluding carboxylic acids is 1. The Balaban J connectivity index is 5.00. The molecular weight excluding hydrogens is 254 g/mol. The molecule has 0 saturated carbocycles. The molecule has 1 amide bonds. The Morgan fingerprint density at radius 2 is 1.75 bits per heavy atom. The Kier molecular flexibility index (Phi) is 6.49. The molecule has 0 aliphatic rings. The minimum Gasteiger partial charge on any atom is -0.444 e. The van der Waals surface area contributed by atoms with Crippen molar-refractivity contribution in [2.24, 2.45) is 0 Å². The summed E-state index contributed by atoms with van der Waals surface area (Å²) in [5, 5.41) is 12.4. The van der Waals surface area contributed by atoms with Gasteiger partial charge >= 0.3 is 6.09 Å². The fourth-order valence-electron chi connectivity index (χ4n) is 1.66. The molecule has 116 valence electrons. The van der Waals surface area contributed by atoms with Crippen LogP contribution < -0.4 is 5.32 Å². The molecule has 0 aromatic rings. The monoisotopic (exact) mass is 283 g/mol. The Bertz CT molecular complexity index is 359. The highest BCUT2D eigenvalue weighted by Crippen LogP contribution is 2.18. The first kappa shape index (κ1) is 18.7. The molecule has 0 aliphatic heterocycles. The Labute approximate surface area is 123 Å². The molecule has 0 rings (SSSR count). The van der Waals surface area contributed by atoms with E-state index in [1.54, 1.807) is 4.90 Å². The number of nitriles is 1. The van der Waals surface area contributed by atoms with Gasteiger partial charge in [0.1, 0.15) is 11.6 Å². The topological polar surface area (TPSA) is 65.4 Å². The zero-order chi connectivity index (χ0) is 16.1. The highest BCUT2D eigenvalue weighted by Gasteiger charge is 2.32. The molecule has 5 nitrogen and oxygen atoms in total. The smallest absolute Gasteiger partial charge is 0.410 e. The molecule has 0 heterocycles. The van der Waals surface area contributed by atoms with Gasteiger partial charge in [0, 0.05) is 11.6 Å². The summed E-state index contributed by atoms with van der Waals surface area (Å²) in [5.74, 6) is 0. The predicted molar refractivity (Wildman–Crippen MR) is 80.4 cm³/mol. The van der Waals surface area contributed by atoms with Gasteiger partial charge in [-0.3, -0.25) is 5.32 Å². The van der Waals surface area contributed by atoms with Gasteiger partial charge in [0.05, 0.1) is 12.6 Å². The lowest BCUT2D eigenvalue weighted by Crippen LogP contribution is -2.53. The number of nitrogens with one attached hydrogen (secondary N) is 1. The van der Waals surface area contributed by atoms with Crippen molar-refractivity contribution in [1.29, 1.82) is 5.26 Å². The molecule has 1 unspecified atom stereocenters. The molecule has 0 aliphatic carbocycles. The van der Waals surface area contributed by atoms with Gasteiger partial charge in [0.25, 0.3) is 0 Å². The number of ether oxygens (including phenoxy) is 1. The van der Waals surface area contributed by atoms with E-state index in [-0.39, 0.29) is 6.04 Å². The van der Waals surface area contributed by atoms with E-state index in [1.807, 2.05) is 55.4 Å². The van der Waals surface area contributed by atoms with Gasteiger partial charge in [-0.15, -0.1) is 0 Å². The number of hydrogen-bond acceptors (Lipinski definition) is 4. The quantitative estimate of drug-likeness (QED) is 0.861. The maximum absolute atomic E-state index is 12.3. The van der Waals surface area contributed by atoms with Crippen LogP contribution >= 0.6 is 0 Å². The minimum absolute atomic E-state index is 0.181. The van der Waals surface area contributed by atoms with Crippen LogP contribution in [0.15, 0.2) is 0 Å². The highest BCUT2D eigenvalue weighted by molar-refractivity contribution is 5.69. The summed E-state index contributed by atoms with van der Waals surface area (Å²) in [6.45, 7) is 15.5. The van der Waals surface area contributed by atoms with E-state index in [2.05, 4.69) is 11.4 Å². The summed E-state index contributed by atoms with van der Waals surface area (Å²) in [5.41, 5.74) is -0.954. The molecule has 1 N–H and O–H groups in total. The SMILES string of the molecule is CC(C)NC(C#N)CN(C(=O)OC(C)(C)C)C(C)(C)C. The average molecular weight is 283 g/mol. The summed E-state index contributed by atoms with van der Waals surface area (Å²) >= 11 is 0. The van der Waals surface area contributed by atoms with E-state index >= 15 is 0 Å². The molecular formula is C15H29N3O2. The second kappa shape index (κ2) is 6.94. The van der Waals surface area contributed by atoms with Crippen LogP contribution in [0.25, 0.3) is 0 Å². The summed E-state index contributed by atoms with van der Waals surface area (Å²) < 4.78 is 5.43. The van der Waals surface area contributed by atoms with E-state index in [4.69, 9.17) is 4.74 Å². The molecule has 5 heteroatoms. The van der Waals surface area contributed by atoms with Crippen LogP contribution in [-0.2, 0) is 4.74 Å². The van der Waals surface area contributed by atoms with Crippen LogP contribution in [0.4, 0.5) is 4.79 Å². The summed E-state index contributed by atoms with van der Waals surface area (Å²) in [6.07, 6.45) is -0.393. The van der Waals surface area contributed by atoms with E-state index in [1.165, 1.54) is 0 Å². The first-order valence-electron chi connectivity index (χ1n) is 7.03. The third-order valence-corrected chi connectivity index (χ3v) is 2.48. The lowest BCUT2D eigenvalue weighted by atomic mass is 10.1. The van der Waals surface area contributed by atoms with Crippen LogP contribution in [0, 0.1) is 11.3 Å². The Morgan fingerprint density at radius 3 is 2.05 bits per heavy atom. The first-order chi connectivity index (χ1) is 8.86. The van der Waals surface area contributed by atoms with Crippen LogP contribution in [0.3, 0.4) is 0 Å². The van der Waals surface area contributed by atoms with Crippen molar-refractivity contribution in [1.82, 2.24) is 10.2 Å². The summed E-state index contributed by atoms with van der Waals surface area (Å²) in [7, 11) is 0. The molecule has 0 saturated heterocycles. The van der Waals surface area contributed by atoms with E-state index in [0.29, 0.717) is 6.54 Å². The lowest BCUT2D eigenvalue weighted by Gasteiger charge is -2.38. The zero-order valence-electron chi connectivity index (χ0n) is 14.1. The molecule has 1 atom stereocenters. The molecule has 0 spiro atoms. The second-order valence-electron chi connectivity index (χ2n) is 7.26. The van der Waals surface area contributed by atoms with Crippen molar-refractivity contribution >= 4 is 6.09 Å². The molecule has 0 fully saturated rings. The van der Waals surface area contributed by atoms with E-state index in [9.17, 15) is 10.1 Å². The maximum atomic E-state index is 12.3. The number of amides is 1. The van der Waals surface area contributed by atoms with E-state index in [0.717, 1.165) is 0 Å². The van der Waals surface area contributed by atoms with Crippen LogP contribution in [0.5, 0.6) is 0 Å². The van der Waals surface area contributed by atoms with Gasteiger partial charge in [0.2, 0.25) is 0 Å². The van der Waals surface area contributed by atoms with Crippen molar-refractivity contribution in [3.63, 3.8) is 0 Å². The van der Waals surface area contributed by atoms with E-state index < -0.39 is 23.3 Å². The van der Waals surface area contributed by atoms with Crippen molar-refractivity contribution in [3.05, 3.63) is 0 Å². The molecule has 0 aromatic heterocycles. The van der Waals surface area contributed by atoms with Gasteiger partial charge in [-0.05, 0) is 55.4 Å². The van der Waals surface area contributed by atoms with Crippen LogP contribution in [0.1, 0.15) is 55.4 Å². The Morgan fingerprint density at radius 1 is 1.25 bits per heavy atom. The Hall–Kier alpha value is -1.28. The van der Waals surface area contributed by atoms with Crippen LogP contribution in [-0.4, -0.2) is 40.8 Å². The average Bonchev–Trinajstić information content (AvgIpc) is 2.18. The van der Waals surface area contributed by atoms with Crippen molar-refractivity contribution < 1.29 is 9.53 Å².